The molecule has 2 N–H and O–H groups in total. The number of aryl methyl sites for hydroxylation is 2. The van der Waals surface area contributed by atoms with Crippen molar-refractivity contribution in [2.45, 2.75) is 58.7 Å². The van der Waals surface area contributed by atoms with Crippen molar-refractivity contribution in [3.05, 3.63) is 23.3 Å². The predicted octanol–water partition coefficient (Wildman–Crippen LogP) is 0.518. The highest BCUT2D eigenvalue weighted by Gasteiger charge is 2.23. The zero-order chi connectivity index (χ0) is 18.0. The van der Waals surface area contributed by atoms with Gasteiger partial charge in [-0.05, 0) is 13.3 Å². The van der Waals surface area contributed by atoms with Crippen molar-refractivity contribution in [2.75, 3.05) is 7.05 Å². The van der Waals surface area contributed by atoms with Gasteiger partial charge in [0.25, 0.3) is 0 Å². The van der Waals surface area contributed by atoms with Gasteiger partial charge < -0.3 is 15.2 Å². The number of nitrogens with one attached hydrogen (secondary N) is 2. The van der Waals surface area contributed by atoms with Gasteiger partial charge in [0.15, 0.2) is 17.6 Å². The average molecular weight is 345 g/mol. The van der Waals surface area contributed by atoms with Gasteiger partial charge in [-0.2, -0.15) is 5.10 Å². The molecule has 0 amide bonds. The van der Waals surface area contributed by atoms with Crippen LogP contribution in [0.3, 0.4) is 0 Å². The van der Waals surface area contributed by atoms with Crippen molar-refractivity contribution in [3.63, 3.8) is 0 Å². The van der Waals surface area contributed by atoms with E-state index in [1.807, 2.05) is 23.2 Å². The summed E-state index contributed by atoms with van der Waals surface area (Å²) in [5, 5.41) is 19.6. The highest BCUT2D eigenvalue weighted by Crippen LogP contribution is 2.16. The molecule has 25 heavy (non-hydrogen) atoms. The minimum Gasteiger partial charge on any atom is -0.352 e. The molecule has 9 nitrogen and oxygen atoms in total. The van der Waals surface area contributed by atoms with Crippen molar-refractivity contribution in [2.24, 2.45) is 12.0 Å². The molecule has 2 aromatic rings. The van der Waals surface area contributed by atoms with E-state index < -0.39 is 0 Å². The molecule has 1 aliphatic rings. The number of rotatable bonds is 4. The Kier molecular flexibility index (Phi) is 5.00. The van der Waals surface area contributed by atoms with Crippen molar-refractivity contribution in [1.82, 2.24) is 40.2 Å². The predicted molar refractivity (Wildman–Crippen MR) is 95.3 cm³/mol. The molecule has 0 aromatic carbocycles. The maximum absolute atomic E-state index is 4.63. The quantitative estimate of drug-likeness (QED) is 0.619. The van der Waals surface area contributed by atoms with E-state index >= 15 is 0 Å². The molecule has 0 saturated heterocycles. The lowest BCUT2D eigenvalue weighted by molar-refractivity contribution is 0.391. The minimum atomic E-state index is 0.279. The maximum Gasteiger partial charge on any atom is 0.191 e. The number of hydrogen-bond acceptors (Lipinski definition) is 5. The van der Waals surface area contributed by atoms with Gasteiger partial charge in [-0.25, -0.2) is 9.67 Å². The van der Waals surface area contributed by atoms with Crippen molar-refractivity contribution >= 4 is 5.96 Å². The molecule has 0 aliphatic carbocycles. The fourth-order valence-electron chi connectivity index (χ4n) is 2.85. The molecule has 0 fully saturated rings. The minimum absolute atomic E-state index is 0.279. The standard InChI is InChI=1S/C16H27N9/c1-10(2)15-20-13-7-6-12(9-25(13)23-15)19-16(17-4)18-8-14-22-21-11(3)24(14)5/h10,12H,6-9H2,1-5H3,(H2,17,18,19). The normalized spacial score (nSPS) is 17.7. The molecule has 0 saturated carbocycles. The monoisotopic (exact) mass is 345 g/mol. The fraction of sp³-hybridized carbons (Fsp3) is 0.688. The lowest BCUT2D eigenvalue weighted by atomic mass is 10.1. The van der Waals surface area contributed by atoms with Crippen LogP contribution in [0, 0.1) is 6.92 Å². The largest absolute Gasteiger partial charge is 0.352 e. The highest BCUT2D eigenvalue weighted by molar-refractivity contribution is 5.79. The van der Waals surface area contributed by atoms with E-state index in [0.717, 1.165) is 48.6 Å². The molecule has 3 rings (SSSR count). The molecule has 1 unspecified atom stereocenters. The SMILES string of the molecule is CN=C(NCc1nnc(C)n1C)NC1CCc2nc(C(C)C)nn2C1. The number of nitrogens with zero attached hydrogens (tertiary/aromatic N) is 7. The average Bonchev–Trinajstić information content (AvgIpc) is 3.16. The highest BCUT2D eigenvalue weighted by atomic mass is 15.4. The first-order valence-electron chi connectivity index (χ1n) is 8.73. The zero-order valence-electron chi connectivity index (χ0n) is 15.6. The summed E-state index contributed by atoms with van der Waals surface area (Å²) in [5.41, 5.74) is 0. The second-order valence-electron chi connectivity index (χ2n) is 6.75. The van der Waals surface area contributed by atoms with Crippen molar-refractivity contribution in [1.29, 1.82) is 0 Å². The summed E-state index contributed by atoms with van der Waals surface area (Å²) < 4.78 is 3.99. The first-order valence-corrected chi connectivity index (χ1v) is 8.73. The zero-order valence-corrected chi connectivity index (χ0v) is 15.6. The van der Waals surface area contributed by atoms with Gasteiger partial charge in [-0.3, -0.25) is 4.99 Å². The Balaban J connectivity index is 1.58. The third-order valence-corrected chi connectivity index (χ3v) is 4.55. The van der Waals surface area contributed by atoms with Gasteiger partial charge in [-0.1, -0.05) is 13.8 Å². The Bertz CT molecular complexity index is 756. The third kappa shape index (κ3) is 3.80. The second-order valence-corrected chi connectivity index (χ2v) is 6.75. The number of aromatic nitrogens is 6. The topological polar surface area (TPSA) is 97.8 Å². The molecule has 9 heteroatoms. The van der Waals surface area contributed by atoms with Crippen LogP contribution in [-0.4, -0.2) is 48.6 Å². The molecule has 0 bridgehead atoms. The lowest BCUT2D eigenvalue weighted by Gasteiger charge is -2.25. The molecular formula is C16H27N9. The van der Waals surface area contributed by atoms with Gasteiger partial charge >= 0.3 is 0 Å². The first kappa shape index (κ1) is 17.4. The van der Waals surface area contributed by atoms with Gasteiger partial charge in [-0.15, -0.1) is 10.2 Å². The number of aliphatic imine (C=N–C) groups is 1. The maximum atomic E-state index is 4.63. The lowest BCUT2D eigenvalue weighted by Crippen LogP contribution is -2.47. The molecule has 1 atom stereocenters. The molecule has 0 radical (unpaired) electrons. The number of fused-ring (bicyclic) bond motifs is 1. The van der Waals surface area contributed by atoms with Gasteiger partial charge in [0, 0.05) is 32.5 Å². The number of hydrogen-bond donors (Lipinski definition) is 2. The Hall–Kier alpha value is -2.45. The van der Waals surface area contributed by atoms with E-state index in [9.17, 15) is 0 Å². The molecule has 0 spiro atoms. The van der Waals surface area contributed by atoms with Gasteiger partial charge in [0.1, 0.15) is 11.6 Å². The van der Waals surface area contributed by atoms with Crippen LogP contribution >= 0.6 is 0 Å². The smallest absolute Gasteiger partial charge is 0.191 e. The molecule has 2 aromatic heterocycles. The summed E-state index contributed by atoms with van der Waals surface area (Å²) in [5.74, 6) is 4.90. The van der Waals surface area contributed by atoms with Crippen LogP contribution in [0.1, 0.15) is 49.5 Å². The van der Waals surface area contributed by atoms with Crippen LogP contribution in [0.4, 0.5) is 0 Å². The van der Waals surface area contributed by atoms with Crippen molar-refractivity contribution < 1.29 is 0 Å². The van der Waals surface area contributed by atoms with Crippen LogP contribution in [-0.2, 0) is 26.6 Å². The third-order valence-electron chi connectivity index (χ3n) is 4.55. The summed E-state index contributed by atoms with van der Waals surface area (Å²) in [6.45, 7) is 7.56. The van der Waals surface area contributed by atoms with Crippen LogP contribution in [0.5, 0.6) is 0 Å². The second kappa shape index (κ2) is 7.20. The van der Waals surface area contributed by atoms with E-state index in [1.54, 1.807) is 7.05 Å². The summed E-state index contributed by atoms with van der Waals surface area (Å²) in [7, 11) is 3.74. The Morgan fingerprint density at radius 1 is 1.36 bits per heavy atom. The van der Waals surface area contributed by atoms with Crippen LogP contribution in [0.2, 0.25) is 0 Å². The Morgan fingerprint density at radius 3 is 2.80 bits per heavy atom. The van der Waals surface area contributed by atoms with Crippen LogP contribution < -0.4 is 10.6 Å². The molecular weight excluding hydrogens is 318 g/mol. The van der Waals surface area contributed by atoms with Crippen molar-refractivity contribution in [3.8, 4) is 0 Å². The molecule has 1 aliphatic heterocycles. The summed E-state index contributed by atoms with van der Waals surface area (Å²) in [4.78, 5) is 8.95. The summed E-state index contributed by atoms with van der Waals surface area (Å²) in [6.07, 6.45) is 1.94. The summed E-state index contributed by atoms with van der Waals surface area (Å²) in [6, 6.07) is 0.279. The number of guanidine groups is 1. The van der Waals surface area contributed by atoms with E-state index in [-0.39, 0.29) is 6.04 Å². The van der Waals surface area contributed by atoms with E-state index in [1.165, 1.54) is 0 Å². The Morgan fingerprint density at radius 2 is 2.16 bits per heavy atom. The van der Waals surface area contributed by atoms with E-state index in [4.69, 9.17) is 0 Å². The summed E-state index contributed by atoms with van der Waals surface area (Å²) >= 11 is 0. The molecule has 136 valence electrons. The van der Waals surface area contributed by atoms with Crippen LogP contribution in [0.25, 0.3) is 0 Å². The van der Waals surface area contributed by atoms with Crippen LogP contribution in [0.15, 0.2) is 4.99 Å². The van der Waals surface area contributed by atoms with Gasteiger partial charge in [0.05, 0.1) is 13.1 Å². The van der Waals surface area contributed by atoms with Gasteiger partial charge in [0.2, 0.25) is 0 Å². The molecule has 3 heterocycles. The fourth-order valence-corrected chi connectivity index (χ4v) is 2.85. The van der Waals surface area contributed by atoms with E-state index in [0.29, 0.717) is 12.5 Å². The first-order chi connectivity index (χ1) is 12.0. The van der Waals surface area contributed by atoms with E-state index in [2.05, 4.69) is 49.8 Å². The Labute approximate surface area is 148 Å².